The molecule has 0 N–H and O–H groups in total. The van der Waals surface area contributed by atoms with Crippen molar-refractivity contribution in [2.45, 2.75) is 32.8 Å². The monoisotopic (exact) mass is 282 g/mol. The minimum Gasteiger partial charge on any atom is -0.488 e. The van der Waals surface area contributed by atoms with Crippen LogP contribution in [0.5, 0.6) is 5.75 Å². The van der Waals surface area contributed by atoms with E-state index in [9.17, 15) is 4.79 Å². The Morgan fingerprint density at radius 3 is 2.75 bits per heavy atom. The molecule has 0 aliphatic heterocycles. The molecule has 1 aromatic rings. The van der Waals surface area contributed by atoms with Crippen LogP contribution in [0.3, 0.4) is 0 Å². The summed E-state index contributed by atoms with van der Waals surface area (Å²) in [5, 5.41) is 0. The number of hydrogen-bond acceptors (Lipinski definition) is 2. The van der Waals surface area contributed by atoms with Crippen molar-refractivity contribution in [2.24, 2.45) is 5.41 Å². The number of para-hydroxylation sites is 1. The third-order valence-electron chi connectivity index (χ3n) is 3.56. The molecule has 2 unspecified atom stereocenters. The molecule has 2 rings (SSSR count). The van der Waals surface area contributed by atoms with Gasteiger partial charge in [-0.15, -0.1) is 0 Å². The second-order valence-electron chi connectivity index (χ2n) is 4.44. The Morgan fingerprint density at radius 2 is 2.19 bits per heavy atom. The Bertz CT molecular complexity index is 416. The minimum atomic E-state index is -0.296. The Kier molecular flexibility index (Phi) is 3.06. The van der Waals surface area contributed by atoms with Crippen molar-refractivity contribution in [1.29, 1.82) is 0 Å². The molecule has 2 atom stereocenters. The predicted molar refractivity (Wildman–Crippen MR) is 66.6 cm³/mol. The quantitative estimate of drug-likeness (QED) is 0.847. The summed E-state index contributed by atoms with van der Waals surface area (Å²) >= 11 is 3.44. The maximum Gasteiger partial charge on any atom is 0.146 e. The lowest BCUT2D eigenvalue weighted by atomic mass is 9.64. The molecular weight excluding hydrogens is 268 g/mol. The molecule has 2 nitrogen and oxygen atoms in total. The standard InChI is InChI=1S/C13H15BrO2/c1-3-13(2)11(15)8-12(13)16-10-7-5-4-6-9(10)14/h4-7,12H,3,8H2,1-2H3. The first-order valence-corrected chi connectivity index (χ1v) is 6.31. The van der Waals surface area contributed by atoms with Gasteiger partial charge >= 0.3 is 0 Å². The second kappa shape index (κ2) is 4.21. The molecule has 0 heterocycles. The predicted octanol–water partition coefficient (Wildman–Crippen LogP) is 3.59. The number of ether oxygens (including phenoxy) is 1. The highest BCUT2D eigenvalue weighted by atomic mass is 79.9. The van der Waals surface area contributed by atoms with E-state index in [1.807, 2.05) is 38.1 Å². The highest BCUT2D eigenvalue weighted by Gasteiger charge is 2.51. The van der Waals surface area contributed by atoms with Crippen molar-refractivity contribution in [1.82, 2.24) is 0 Å². The number of hydrogen-bond donors (Lipinski definition) is 0. The van der Waals surface area contributed by atoms with Gasteiger partial charge in [-0.1, -0.05) is 19.1 Å². The van der Waals surface area contributed by atoms with Crippen LogP contribution in [0.15, 0.2) is 28.7 Å². The number of ketones is 1. The third kappa shape index (κ3) is 1.77. The van der Waals surface area contributed by atoms with Crippen LogP contribution in [0.2, 0.25) is 0 Å². The fourth-order valence-corrected chi connectivity index (χ4v) is 2.34. The Balaban J connectivity index is 2.13. The Labute approximate surface area is 104 Å². The summed E-state index contributed by atoms with van der Waals surface area (Å²) in [5.74, 6) is 1.13. The molecule has 16 heavy (non-hydrogen) atoms. The van der Waals surface area contributed by atoms with E-state index in [2.05, 4.69) is 15.9 Å². The van der Waals surface area contributed by atoms with Crippen molar-refractivity contribution < 1.29 is 9.53 Å². The first-order chi connectivity index (χ1) is 7.58. The maximum atomic E-state index is 11.6. The van der Waals surface area contributed by atoms with Gasteiger partial charge in [0.2, 0.25) is 0 Å². The summed E-state index contributed by atoms with van der Waals surface area (Å²) in [6, 6.07) is 7.74. The smallest absolute Gasteiger partial charge is 0.146 e. The summed E-state index contributed by atoms with van der Waals surface area (Å²) < 4.78 is 6.83. The summed E-state index contributed by atoms with van der Waals surface area (Å²) in [5.41, 5.74) is -0.296. The van der Waals surface area contributed by atoms with E-state index in [-0.39, 0.29) is 11.5 Å². The SMILES string of the molecule is CCC1(C)C(=O)CC1Oc1ccccc1Br. The summed E-state index contributed by atoms with van der Waals surface area (Å²) in [7, 11) is 0. The van der Waals surface area contributed by atoms with Gasteiger partial charge in [-0.3, -0.25) is 4.79 Å². The lowest BCUT2D eigenvalue weighted by molar-refractivity contribution is -0.150. The van der Waals surface area contributed by atoms with E-state index >= 15 is 0 Å². The number of Topliss-reactive ketones (excluding diaryl/α,β-unsaturated/α-hetero) is 1. The molecule has 1 aliphatic rings. The number of halogens is 1. The molecule has 0 saturated heterocycles. The van der Waals surface area contributed by atoms with Crippen LogP contribution < -0.4 is 4.74 Å². The lowest BCUT2D eigenvalue weighted by Crippen LogP contribution is -2.54. The number of carbonyl (C=O) groups excluding carboxylic acids is 1. The molecule has 1 fully saturated rings. The number of rotatable bonds is 3. The largest absolute Gasteiger partial charge is 0.488 e. The van der Waals surface area contributed by atoms with Crippen molar-refractivity contribution in [3.05, 3.63) is 28.7 Å². The second-order valence-corrected chi connectivity index (χ2v) is 5.29. The Morgan fingerprint density at radius 1 is 1.50 bits per heavy atom. The van der Waals surface area contributed by atoms with Gasteiger partial charge < -0.3 is 4.74 Å². The lowest BCUT2D eigenvalue weighted by Gasteiger charge is -2.44. The number of benzene rings is 1. The first kappa shape index (κ1) is 11.6. The Hall–Kier alpha value is -0.830. The zero-order valence-corrected chi connectivity index (χ0v) is 11.1. The molecule has 0 aromatic heterocycles. The van der Waals surface area contributed by atoms with Crippen LogP contribution in [0.1, 0.15) is 26.7 Å². The van der Waals surface area contributed by atoms with Crippen molar-refractivity contribution in [3.8, 4) is 5.75 Å². The van der Waals surface area contributed by atoms with E-state index in [0.29, 0.717) is 12.2 Å². The average Bonchev–Trinajstić information content (AvgIpc) is 2.30. The highest BCUT2D eigenvalue weighted by Crippen LogP contribution is 2.43. The van der Waals surface area contributed by atoms with E-state index in [1.165, 1.54) is 0 Å². The maximum absolute atomic E-state index is 11.6. The molecule has 1 saturated carbocycles. The fourth-order valence-electron chi connectivity index (χ4n) is 1.97. The number of carbonyl (C=O) groups is 1. The van der Waals surface area contributed by atoms with Crippen LogP contribution >= 0.6 is 15.9 Å². The normalized spacial score (nSPS) is 28.7. The van der Waals surface area contributed by atoms with Gasteiger partial charge in [-0.2, -0.15) is 0 Å². The van der Waals surface area contributed by atoms with E-state index in [1.54, 1.807) is 0 Å². The van der Waals surface area contributed by atoms with Crippen molar-refractivity contribution in [2.75, 3.05) is 0 Å². The molecule has 3 heteroatoms. The molecule has 0 bridgehead atoms. The van der Waals surface area contributed by atoms with Gasteiger partial charge in [-0.05, 0) is 41.4 Å². The van der Waals surface area contributed by atoms with Crippen LogP contribution in [-0.4, -0.2) is 11.9 Å². The zero-order valence-electron chi connectivity index (χ0n) is 9.50. The van der Waals surface area contributed by atoms with Gasteiger partial charge in [-0.25, -0.2) is 0 Å². The molecule has 1 aromatic carbocycles. The van der Waals surface area contributed by atoms with E-state index in [4.69, 9.17) is 4.74 Å². The van der Waals surface area contributed by atoms with Crippen LogP contribution in [0.25, 0.3) is 0 Å². The molecule has 0 amide bonds. The molecule has 0 spiro atoms. The van der Waals surface area contributed by atoms with Crippen molar-refractivity contribution >= 4 is 21.7 Å². The third-order valence-corrected chi connectivity index (χ3v) is 4.21. The average molecular weight is 283 g/mol. The topological polar surface area (TPSA) is 26.3 Å². The molecule has 0 radical (unpaired) electrons. The van der Waals surface area contributed by atoms with Crippen molar-refractivity contribution in [3.63, 3.8) is 0 Å². The summed E-state index contributed by atoms with van der Waals surface area (Å²) in [6.07, 6.45) is 1.39. The van der Waals surface area contributed by atoms with Gasteiger partial charge in [0.05, 0.1) is 9.89 Å². The molecular formula is C13H15BrO2. The summed E-state index contributed by atoms with van der Waals surface area (Å²) in [6.45, 7) is 4.02. The van der Waals surface area contributed by atoms with Crippen LogP contribution in [0.4, 0.5) is 0 Å². The minimum absolute atomic E-state index is 0.0173. The van der Waals surface area contributed by atoms with Gasteiger partial charge in [0, 0.05) is 6.42 Å². The van der Waals surface area contributed by atoms with Crippen LogP contribution in [-0.2, 0) is 4.79 Å². The van der Waals surface area contributed by atoms with E-state index < -0.39 is 0 Å². The summed E-state index contributed by atoms with van der Waals surface area (Å²) in [4.78, 5) is 11.6. The van der Waals surface area contributed by atoms with E-state index in [0.717, 1.165) is 16.6 Å². The molecule has 86 valence electrons. The van der Waals surface area contributed by atoms with Gasteiger partial charge in [0.1, 0.15) is 17.6 Å². The van der Waals surface area contributed by atoms with Gasteiger partial charge in [0.15, 0.2) is 0 Å². The van der Waals surface area contributed by atoms with Crippen LogP contribution in [0, 0.1) is 5.41 Å². The fraction of sp³-hybridized carbons (Fsp3) is 0.462. The zero-order chi connectivity index (χ0) is 11.8. The first-order valence-electron chi connectivity index (χ1n) is 5.52. The highest BCUT2D eigenvalue weighted by molar-refractivity contribution is 9.10. The van der Waals surface area contributed by atoms with Gasteiger partial charge in [0.25, 0.3) is 0 Å². The molecule has 1 aliphatic carbocycles.